The topological polar surface area (TPSA) is 40.5 Å². The number of hydrogen-bond donors (Lipinski definition) is 1. The molecule has 0 saturated carbocycles. The van der Waals surface area contributed by atoms with Crippen molar-refractivity contribution in [2.75, 3.05) is 19.6 Å². The number of carboxylic acid groups (broad SMARTS) is 1. The fraction of sp³-hybridized carbons (Fsp3) is 0.919. The highest BCUT2D eigenvalue weighted by Crippen LogP contribution is 2.23. The molecule has 0 saturated heterocycles. The molecule has 0 spiro atoms. The van der Waals surface area contributed by atoms with E-state index in [4.69, 9.17) is 0 Å². The average molecular weight is 564 g/mol. The molecule has 1 N–H and O–H groups in total. The van der Waals surface area contributed by atoms with Gasteiger partial charge in [0.1, 0.15) is 0 Å². The van der Waals surface area contributed by atoms with Gasteiger partial charge in [-0.05, 0) is 49.9 Å². The maximum absolute atomic E-state index is 11.5. The summed E-state index contributed by atoms with van der Waals surface area (Å²) in [5.74, 6) is 1.21. The Balaban J connectivity index is 5.14. The molecular weight excluding hydrogens is 490 g/mol. The third-order valence-corrected chi connectivity index (χ3v) is 8.97. The Hall–Kier alpha value is -0.830. The van der Waals surface area contributed by atoms with Gasteiger partial charge in [0.2, 0.25) is 0 Å². The molecule has 0 aliphatic heterocycles. The minimum Gasteiger partial charge on any atom is -0.481 e. The Morgan fingerprint density at radius 3 is 1.50 bits per heavy atom. The van der Waals surface area contributed by atoms with Crippen LogP contribution in [-0.2, 0) is 4.79 Å². The van der Waals surface area contributed by atoms with Gasteiger partial charge in [-0.3, -0.25) is 4.79 Å². The first-order valence-electron chi connectivity index (χ1n) is 18.1. The lowest BCUT2D eigenvalue weighted by molar-refractivity contribution is -0.137. The molecule has 0 fully saturated rings. The molecule has 0 aromatic rings. The SMILES string of the molecule is CCCCCCCCCC/C=C\C(CCC(=O)O)CN(CC(CC)CCCCCC)CC(CC)CCCCCC. The molecule has 0 radical (unpaired) electrons. The van der Waals surface area contributed by atoms with Gasteiger partial charge < -0.3 is 10.0 Å². The van der Waals surface area contributed by atoms with Gasteiger partial charge >= 0.3 is 5.97 Å². The second kappa shape index (κ2) is 29.7. The zero-order chi connectivity index (χ0) is 29.7. The van der Waals surface area contributed by atoms with E-state index in [9.17, 15) is 9.90 Å². The normalized spacial score (nSPS) is 14.2. The molecule has 0 aromatic carbocycles. The highest BCUT2D eigenvalue weighted by atomic mass is 16.4. The minimum atomic E-state index is -0.655. The van der Waals surface area contributed by atoms with Crippen LogP contribution in [0.25, 0.3) is 0 Å². The Kier molecular flexibility index (Phi) is 29.0. The van der Waals surface area contributed by atoms with Crippen molar-refractivity contribution in [1.29, 1.82) is 0 Å². The number of allylic oxidation sites excluding steroid dienone is 1. The van der Waals surface area contributed by atoms with Crippen molar-refractivity contribution in [2.24, 2.45) is 17.8 Å². The number of unbranched alkanes of at least 4 members (excludes halogenated alkanes) is 14. The lowest BCUT2D eigenvalue weighted by Crippen LogP contribution is -2.37. The van der Waals surface area contributed by atoms with Crippen LogP contribution in [0.3, 0.4) is 0 Å². The second-order valence-corrected chi connectivity index (χ2v) is 12.8. The molecule has 3 atom stereocenters. The largest absolute Gasteiger partial charge is 0.481 e. The summed E-state index contributed by atoms with van der Waals surface area (Å²) in [5.41, 5.74) is 0. The first-order valence-corrected chi connectivity index (χ1v) is 18.1. The van der Waals surface area contributed by atoms with Crippen LogP contribution in [0, 0.1) is 17.8 Å². The molecule has 3 nitrogen and oxygen atoms in total. The third-order valence-electron chi connectivity index (χ3n) is 8.97. The third kappa shape index (κ3) is 24.9. The van der Waals surface area contributed by atoms with Crippen LogP contribution in [0.4, 0.5) is 0 Å². The molecule has 0 aliphatic rings. The minimum absolute atomic E-state index is 0.281. The fourth-order valence-corrected chi connectivity index (χ4v) is 6.10. The summed E-state index contributed by atoms with van der Waals surface area (Å²) in [6, 6.07) is 0. The highest BCUT2D eigenvalue weighted by molar-refractivity contribution is 5.66. The van der Waals surface area contributed by atoms with Crippen LogP contribution in [0.15, 0.2) is 12.2 Å². The van der Waals surface area contributed by atoms with Crippen LogP contribution in [0.1, 0.15) is 182 Å². The van der Waals surface area contributed by atoms with Crippen LogP contribution < -0.4 is 0 Å². The molecule has 0 rings (SSSR count). The van der Waals surface area contributed by atoms with Gasteiger partial charge in [0, 0.05) is 26.1 Å². The zero-order valence-electron chi connectivity index (χ0n) is 28.1. The van der Waals surface area contributed by atoms with E-state index >= 15 is 0 Å². The quantitative estimate of drug-likeness (QED) is 0.0673. The smallest absolute Gasteiger partial charge is 0.303 e. The van der Waals surface area contributed by atoms with E-state index < -0.39 is 5.97 Å². The molecule has 238 valence electrons. The van der Waals surface area contributed by atoms with Crippen molar-refractivity contribution < 1.29 is 9.90 Å². The average Bonchev–Trinajstić information content (AvgIpc) is 2.95. The summed E-state index contributed by atoms with van der Waals surface area (Å²) in [6.45, 7) is 15.0. The van der Waals surface area contributed by atoms with Crippen LogP contribution in [-0.4, -0.2) is 35.6 Å². The number of carbonyl (C=O) groups is 1. The van der Waals surface area contributed by atoms with Gasteiger partial charge in [-0.2, -0.15) is 0 Å². The number of hydrogen-bond acceptors (Lipinski definition) is 2. The van der Waals surface area contributed by atoms with Crippen molar-refractivity contribution in [3.63, 3.8) is 0 Å². The number of aliphatic carboxylic acids is 1. The molecule has 3 heteroatoms. The monoisotopic (exact) mass is 564 g/mol. The van der Waals surface area contributed by atoms with E-state index in [2.05, 4.69) is 51.7 Å². The van der Waals surface area contributed by atoms with Gasteiger partial charge in [-0.25, -0.2) is 0 Å². The predicted molar refractivity (Wildman–Crippen MR) is 178 cm³/mol. The Morgan fingerprint density at radius 1 is 0.600 bits per heavy atom. The summed E-state index contributed by atoms with van der Waals surface area (Å²) < 4.78 is 0. The maximum atomic E-state index is 11.5. The van der Waals surface area contributed by atoms with Crippen molar-refractivity contribution in [3.8, 4) is 0 Å². The fourth-order valence-electron chi connectivity index (χ4n) is 6.10. The number of rotatable bonds is 31. The summed E-state index contributed by atoms with van der Waals surface area (Å²) in [5, 5.41) is 9.45. The van der Waals surface area contributed by atoms with Gasteiger partial charge in [0.05, 0.1) is 0 Å². The highest BCUT2D eigenvalue weighted by Gasteiger charge is 2.20. The molecule has 0 aliphatic carbocycles. The molecule has 0 bridgehead atoms. The Bertz CT molecular complexity index is 538. The first-order chi connectivity index (χ1) is 19.5. The van der Waals surface area contributed by atoms with E-state index in [1.807, 2.05) is 0 Å². The molecular formula is C37H73NO2. The van der Waals surface area contributed by atoms with Crippen LogP contribution in [0.5, 0.6) is 0 Å². The van der Waals surface area contributed by atoms with Crippen molar-refractivity contribution in [1.82, 2.24) is 4.90 Å². The van der Waals surface area contributed by atoms with Gasteiger partial charge in [-0.1, -0.05) is 156 Å². The number of carboxylic acids is 1. The molecule has 0 aromatic heterocycles. The summed E-state index contributed by atoms with van der Waals surface area (Å²) in [7, 11) is 0. The lowest BCUT2D eigenvalue weighted by atomic mass is 9.93. The Labute approximate surface area is 252 Å². The Morgan fingerprint density at radius 2 is 1.05 bits per heavy atom. The first kappa shape index (κ1) is 39.2. The molecule has 40 heavy (non-hydrogen) atoms. The van der Waals surface area contributed by atoms with Gasteiger partial charge in [0.25, 0.3) is 0 Å². The van der Waals surface area contributed by atoms with Crippen LogP contribution in [0.2, 0.25) is 0 Å². The summed E-state index contributed by atoms with van der Waals surface area (Å²) in [4.78, 5) is 14.2. The van der Waals surface area contributed by atoms with E-state index in [-0.39, 0.29) is 6.42 Å². The van der Waals surface area contributed by atoms with Crippen molar-refractivity contribution >= 4 is 5.97 Å². The second-order valence-electron chi connectivity index (χ2n) is 12.8. The number of nitrogens with zero attached hydrogens (tertiary/aromatic N) is 1. The van der Waals surface area contributed by atoms with Gasteiger partial charge in [0.15, 0.2) is 0 Å². The van der Waals surface area contributed by atoms with E-state index in [0.29, 0.717) is 5.92 Å². The van der Waals surface area contributed by atoms with E-state index in [0.717, 1.165) is 31.2 Å². The van der Waals surface area contributed by atoms with Crippen LogP contribution >= 0.6 is 0 Å². The standard InChI is InChI=1S/C37H73NO2/c1-6-11-14-17-18-19-20-21-22-25-28-36(29-30-37(39)40)33-38(31-34(9-4)26-23-15-12-7-2)32-35(10-5)27-24-16-13-8-3/h25,28,34-36H,6-24,26-27,29-33H2,1-5H3,(H,39,40)/b28-25-. The zero-order valence-corrected chi connectivity index (χ0v) is 28.1. The van der Waals surface area contributed by atoms with Gasteiger partial charge in [-0.15, -0.1) is 0 Å². The molecule has 3 unspecified atom stereocenters. The lowest BCUT2D eigenvalue weighted by Gasteiger charge is -2.33. The van der Waals surface area contributed by atoms with Crippen molar-refractivity contribution in [2.45, 2.75) is 182 Å². The summed E-state index contributed by atoms with van der Waals surface area (Å²) in [6.07, 6.45) is 33.7. The van der Waals surface area contributed by atoms with E-state index in [1.54, 1.807) is 0 Å². The maximum Gasteiger partial charge on any atom is 0.303 e. The molecule has 0 amide bonds. The van der Waals surface area contributed by atoms with Crippen molar-refractivity contribution in [3.05, 3.63) is 12.2 Å². The molecule has 0 heterocycles. The predicted octanol–water partition coefficient (Wildman–Crippen LogP) is 11.8. The van der Waals surface area contributed by atoms with E-state index in [1.165, 1.54) is 142 Å². The summed E-state index contributed by atoms with van der Waals surface area (Å²) >= 11 is 0.